The van der Waals surface area contributed by atoms with Gasteiger partial charge < -0.3 is 9.64 Å². The van der Waals surface area contributed by atoms with Gasteiger partial charge in [-0.05, 0) is 30.7 Å². The average molecular weight is 219 g/mol. The monoisotopic (exact) mass is 219 g/mol. The van der Waals surface area contributed by atoms with Crippen LogP contribution in [0.3, 0.4) is 0 Å². The van der Waals surface area contributed by atoms with Crippen molar-refractivity contribution in [1.29, 1.82) is 0 Å². The van der Waals surface area contributed by atoms with Gasteiger partial charge in [-0.15, -0.1) is 0 Å². The largest absolute Gasteiger partial charge is 0.370 e. The first-order chi connectivity index (χ1) is 7.72. The molecule has 1 fully saturated rings. The highest BCUT2D eigenvalue weighted by Gasteiger charge is 2.20. The van der Waals surface area contributed by atoms with Crippen molar-refractivity contribution in [2.24, 2.45) is 0 Å². The standard InChI is InChI=1S/C12H13NO3/c1-9-6-11(3-2-10(9)7-14)13-4-5-16-8-12(13)15/h2-3,6-7H,4-5,8H2,1H3. The van der Waals surface area contributed by atoms with Crippen molar-refractivity contribution in [2.75, 3.05) is 24.7 Å². The van der Waals surface area contributed by atoms with Gasteiger partial charge in [0, 0.05) is 17.8 Å². The molecule has 0 saturated carbocycles. The van der Waals surface area contributed by atoms with E-state index in [0.717, 1.165) is 17.5 Å². The van der Waals surface area contributed by atoms with Gasteiger partial charge in [0.2, 0.25) is 0 Å². The molecule has 1 aromatic rings. The second kappa shape index (κ2) is 4.45. The van der Waals surface area contributed by atoms with Crippen molar-refractivity contribution in [3.05, 3.63) is 29.3 Å². The highest BCUT2D eigenvalue weighted by atomic mass is 16.5. The quantitative estimate of drug-likeness (QED) is 0.701. The fourth-order valence-electron chi connectivity index (χ4n) is 1.75. The normalized spacial score (nSPS) is 16.3. The van der Waals surface area contributed by atoms with Gasteiger partial charge in [0.25, 0.3) is 5.91 Å². The third-order valence-electron chi connectivity index (χ3n) is 2.68. The molecule has 1 aromatic carbocycles. The summed E-state index contributed by atoms with van der Waals surface area (Å²) in [4.78, 5) is 24.0. The van der Waals surface area contributed by atoms with Crippen LogP contribution in [0, 0.1) is 6.92 Å². The molecule has 2 rings (SSSR count). The number of morpholine rings is 1. The van der Waals surface area contributed by atoms with E-state index in [2.05, 4.69) is 0 Å². The summed E-state index contributed by atoms with van der Waals surface area (Å²) in [5, 5.41) is 0. The predicted octanol–water partition coefficient (Wildman–Crippen LogP) is 1.17. The van der Waals surface area contributed by atoms with E-state index in [9.17, 15) is 9.59 Å². The summed E-state index contributed by atoms with van der Waals surface area (Å²) in [5.41, 5.74) is 2.37. The number of amides is 1. The fraction of sp³-hybridized carbons (Fsp3) is 0.333. The lowest BCUT2D eigenvalue weighted by molar-refractivity contribution is -0.125. The van der Waals surface area contributed by atoms with E-state index >= 15 is 0 Å². The Morgan fingerprint density at radius 3 is 2.88 bits per heavy atom. The summed E-state index contributed by atoms with van der Waals surface area (Å²) in [6.45, 7) is 3.12. The molecule has 84 valence electrons. The molecular formula is C12H13NO3. The molecule has 1 heterocycles. The zero-order chi connectivity index (χ0) is 11.5. The fourth-order valence-corrected chi connectivity index (χ4v) is 1.75. The van der Waals surface area contributed by atoms with Crippen molar-refractivity contribution in [3.63, 3.8) is 0 Å². The number of benzene rings is 1. The Kier molecular flexibility index (Phi) is 3.01. The van der Waals surface area contributed by atoms with E-state index in [4.69, 9.17) is 4.74 Å². The van der Waals surface area contributed by atoms with Gasteiger partial charge in [-0.3, -0.25) is 9.59 Å². The Morgan fingerprint density at radius 1 is 1.44 bits per heavy atom. The molecule has 0 unspecified atom stereocenters. The van der Waals surface area contributed by atoms with Crippen LogP contribution in [-0.4, -0.2) is 32.0 Å². The van der Waals surface area contributed by atoms with E-state index in [1.165, 1.54) is 0 Å². The van der Waals surface area contributed by atoms with Crippen LogP contribution in [0.2, 0.25) is 0 Å². The first-order valence-electron chi connectivity index (χ1n) is 5.16. The molecule has 0 N–H and O–H groups in total. The molecule has 1 amide bonds. The topological polar surface area (TPSA) is 46.6 Å². The van der Waals surface area contributed by atoms with E-state index in [1.54, 1.807) is 17.0 Å². The summed E-state index contributed by atoms with van der Waals surface area (Å²) >= 11 is 0. The Balaban J connectivity index is 2.29. The van der Waals surface area contributed by atoms with Crippen LogP contribution in [0.25, 0.3) is 0 Å². The smallest absolute Gasteiger partial charge is 0.253 e. The number of carbonyl (C=O) groups is 2. The highest BCUT2D eigenvalue weighted by Crippen LogP contribution is 2.19. The van der Waals surface area contributed by atoms with Crippen molar-refractivity contribution < 1.29 is 14.3 Å². The molecule has 0 spiro atoms. The minimum Gasteiger partial charge on any atom is -0.370 e. The first kappa shape index (κ1) is 10.8. The molecular weight excluding hydrogens is 206 g/mol. The van der Waals surface area contributed by atoms with Crippen LogP contribution < -0.4 is 4.90 Å². The summed E-state index contributed by atoms with van der Waals surface area (Å²) in [6, 6.07) is 5.38. The molecule has 1 aliphatic rings. The Labute approximate surface area is 93.8 Å². The van der Waals surface area contributed by atoms with Gasteiger partial charge in [-0.1, -0.05) is 0 Å². The third kappa shape index (κ3) is 1.97. The number of hydrogen-bond acceptors (Lipinski definition) is 3. The number of aldehydes is 1. The summed E-state index contributed by atoms with van der Waals surface area (Å²) in [5.74, 6) is -0.0375. The van der Waals surface area contributed by atoms with Gasteiger partial charge >= 0.3 is 0 Å². The molecule has 0 aromatic heterocycles. The number of aryl methyl sites for hydroxylation is 1. The molecule has 16 heavy (non-hydrogen) atoms. The number of hydrogen-bond donors (Lipinski definition) is 0. The lowest BCUT2D eigenvalue weighted by Gasteiger charge is -2.27. The second-order valence-corrected chi connectivity index (χ2v) is 3.76. The number of ether oxygens (including phenoxy) is 1. The molecule has 4 heteroatoms. The average Bonchev–Trinajstić information content (AvgIpc) is 2.29. The lowest BCUT2D eigenvalue weighted by atomic mass is 10.1. The summed E-state index contributed by atoms with van der Waals surface area (Å²) in [7, 11) is 0. The van der Waals surface area contributed by atoms with Crippen molar-refractivity contribution in [2.45, 2.75) is 6.92 Å². The van der Waals surface area contributed by atoms with Gasteiger partial charge in [0.15, 0.2) is 0 Å². The van der Waals surface area contributed by atoms with Gasteiger partial charge in [0.1, 0.15) is 12.9 Å². The summed E-state index contributed by atoms with van der Waals surface area (Å²) < 4.78 is 5.06. The number of anilines is 1. The van der Waals surface area contributed by atoms with Crippen LogP contribution >= 0.6 is 0 Å². The Bertz CT molecular complexity index is 428. The third-order valence-corrected chi connectivity index (χ3v) is 2.68. The van der Waals surface area contributed by atoms with E-state index in [1.807, 2.05) is 13.0 Å². The number of carbonyl (C=O) groups excluding carboxylic acids is 2. The minimum absolute atomic E-state index is 0.0375. The molecule has 0 bridgehead atoms. The maximum Gasteiger partial charge on any atom is 0.253 e. The van der Waals surface area contributed by atoms with Crippen molar-refractivity contribution >= 4 is 17.9 Å². The van der Waals surface area contributed by atoms with Crippen LogP contribution in [-0.2, 0) is 9.53 Å². The maximum atomic E-state index is 11.6. The lowest BCUT2D eigenvalue weighted by Crippen LogP contribution is -2.41. The Morgan fingerprint density at radius 2 is 2.25 bits per heavy atom. The van der Waals surface area contributed by atoms with Crippen LogP contribution in [0.15, 0.2) is 18.2 Å². The van der Waals surface area contributed by atoms with Crippen LogP contribution in [0.4, 0.5) is 5.69 Å². The van der Waals surface area contributed by atoms with E-state index in [-0.39, 0.29) is 12.5 Å². The summed E-state index contributed by atoms with van der Waals surface area (Å²) in [6.07, 6.45) is 0.820. The van der Waals surface area contributed by atoms with Crippen molar-refractivity contribution in [3.8, 4) is 0 Å². The van der Waals surface area contributed by atoms with E-state index in [0.29, 0.717) is 18.7 Å². The van der Waals surface area contributed by atoms with Gasteiger partial charge in [0.05, 0.1) is 6.61 Å². The zero-order valence-electron chi connectivity index (χ0n) is 9.10. The predicted molar refractivity (Wildman–Crippen MR) is 59.7 cm³/mol. The number of nitrogens with zero attached hydrogens (tertiary/aromatic N) is 1. The molecule has 0 aliphatic carbocycles. The molecule has 1 aliphatic heterocycles. The minimum atomic E-state index is -0.0375. The number of rotatable bonds is 2. The molecule has 4 nitrogen and oxygen atoms in total. The van der Waals surface area contributed by atoms with Crippen LogP contribution in [0.1, 0.15) is 15.9 Å². The first-order valence-corrected chi connectivity index (χ1v) is 5.16. The molecule has 0 atom stereocenters. The van der Waals surface area contributed by atoms with Gasteiger partial charge in [-0.25, -0.2) is 0 Å². The van der Waals surface area contributed by atoms with Crippen LogP contribution in [0.5, 0.6) is 0 Å². The van der Waals surface area contributed by atoms with Gasteiger partial charge in [-0.2, -0.15) is 0 Å². The second-order valence-electron chi connectivity index (χ2n) is 3.76. The van der Waals surface area contributed by atoms with E-state index < -0.39 is 0 Å². The zero-order valence-corrected chi connectivity index (χ0v) is 9.10. The molecule has 0 radical (unpaired) electrons. The highest BCUT2D eigenvalue weighted by molar-refractivity contribution is 5.95. The maximum absolute atomic E-state index is 11.6. The van der Waals surface area contributed by atoms with Crippen molar-refractivity contribution in [1.82, 2.24) is 0 Å². The Hall–Kier alpha value is -1.68. The SMILES string of the molecule is Cc1cc(N2CCOCC2=O)ccc1C=O. The molecule has 1 saturated heterocycles.